The van der Waals surface area contributed by atoms with Gasteiger partial charge in [-0.25, -0.2) is 15.0 Å². The van der Waals surface area contributed by atoms with E-state index < -0.39 is 0 Å². The van der Waals surface area contributed by atoms with Crippen molar-refractivity contribution in [2.45, 2.75) is 0 Å². The molecule has 5 heterocycles. The molecular formula is C50H29N5O2. The first-order valence-corrected chi connectivity index (χ1v) is 18.9. The molecule has 0 aliphatic carbocycles. The highest BCUT2D eigenvalue weighted by Gasteiger charge is 2.21. The smallest absolute Gasteiger partial charge is 0.166 e. The van der Waals surface area contributed by atoms with Crippen LogP contribution in [0.25, 0.3) is 117 Å². The molecule has 0 fully saturated rings. The fraction of sp³-hybridized carbons (Fsp3) is 0. The average Bonchev–Trinajstić information content (AvgIpc) is 3.96. The fourth-order valence-corrected chi connectivity index (χ4v) is 8.42. The molecule has 0 spiro atoms. The quantitative estimate of drug-likeness (QED) is 0.175. The Kier molecular flexibility index (Phi) is 6.79. The lowest BCUT2D eigenvalue weighted by molar-refractivity contribution is 0.668. The highest BCUT2D eigenvalue weighted by atomic mass is 16.3. The predicted molar refractivity (Wildman–Crippen MR) is 228 cm³/mol. The van der Waals surface area contributed by atoms with Gasteiger partial charge in [0.05, 0.1) is 16.7 Å². The Morgan fingerprint density at radius 1 is 0.386 bits per heavy atom. The molecule has 12 rings (SSSR count). The first kappa shape index (κ1) is 31.5. The van der Waals surface area contributed by atoms with Gasteiger partial charge in [0.25, 0.3) is 0 Å². The van der Waals surface area contributed by atoms with Crippen molar-refractivity contribution in [2.75, 3.05) is 0 Å². The van der Waals surface area contributed by atoms with E-state index in [-0.39, 0.29) is 0 Å². The average molecular weight is 732 g/mol. The molecule has 5 aromatic heterocycles. The number of hydrogen-bond donors (Lipinski definition) is 0. The van der Waals surface area contributed by atoms with Crippen LogP contribution >= 0.6 is 0 Å². The summed E-state index contributed by atoms with van der Waals surface area (Å²) in [6.45, 7) is 0. The Morgan fingerprint density at radius 2 is 0.965 bits per heavy atom. The second-order valence-corrected chi connectivity index (χ2v) is 14.2. The lowest BCUT2D eigenvalue weighted by atomic mass is 10.0. The summed E-state index contributed by atoms with van der Waals surface area (Å²) in [7, 11) is 0. The highest BCUT2D eigenvalue weighted by Crippen LogP contribution is 2.40. The van der Waals surface area contributed by atoms with Gasteiger partial charge in [-0.05, 0) is 48.0 Å². The molecule has 266 valence electrons. The number of pyridine rings is 1. The largest absolute Gasteiger partial charge is 0.456 e. The van der Waals surface area contributed by atoms with E-state index in [2.05, 4.69) is 125 Å². The van der Waals surface area contributed by atoms with E-state index in [1.54, 1.807) is 6.20 Å². The SMILES string of the molecule is c1ccc(-n2c3ccccc3c3ccccc32)c(-c2nc(-c3ccc(-c4cccc5c4oc4ccccc45)cc3)nc(-c3cccc4oc5ccncc5c34)n2)c1. The van der Waals surface area contributed by atoms with Gasteiger partial charge < -0.3 is 13.4 Å². The van der Waals surface area contributed by atoms with E-state index in [1.807, 2.05) is 54.7 Å². The van der Waals surface area contributed by atoms with E-state index in [4.69, 9.17) is 23.8 Å². The normalized spacial score (nSPS) is 11.9. The third kappa shape index (κ3) is 4.86. The molecule has 0 radical (unpaired) electrons. The lowest BCUT2D eigenvalue weighted by Crippen LogP contribution is -2.03. The summed E-state index contributed by atoms with van der Waals surface area (Å²) in [5.74, 6) is 1.66. The van der Waals surface area contributed by atoms with E-state index in [1.165, 1.54) is 10.8 Å². The predicted octanol–water partition coefficient (Wildman–Crippen LogP) is 12.8. The first-order chi connectivity index (χ1) is 28.3. The molecule has 7 aromatic carbocycles. The summed E-state index contributed by atoms with van der Waals surface area (Å²) >= 11 is 0. The maximum absolute atomic E-state index is 6.39. The second-order valence-electron chi connectivity index (χ2n) is 14.2. The number of furan rings is 2. The molecule has 0 N–H and O–H groups in total. The molecule has 0 unspecified atom stereocenters. The zero-order chi connectivity index (χ0) is 37.5. The molecule has 57 heavy (non-hydrogen) atoms. The highest BCUT2D eigenvalue weighted by molar-refractivity contribution is 6.12. The molecule has 7 nitrogen and oxygen atoms in total. The number of hydrogen-bond acceptors (Lipinski definition) is 6. The van der Waals surface area contributed by atoms with Gasteiger partial charge in [0, 0.05) is 67.0 Å². The van der Waals surface area contributed by atoms with Crippen molar-refractivity contribution in [2.24, 2.45) is 0 Å². The van der Waals surface area contributed by atoms with E-state index in [9.17, 15) is 0 Å². The molecule has 12 aromatic rings. The van der Waals surface area contributed by atoms with Crippen LogP contribution in [0.4, 0.5) is 0 Å². The number of benzene rings is 7. The summed E-state index contributed by atoms with van der Waals surface area (Å²) in [5.41, 5.74) is 11.1. The van der Waals surface area contributed by atoms with Crippen molar-refractivity contribution in [3.8, 4) is 51.0 Å². The second kappa shape index (κ2) is 12.3. The van der Waals surface area contributed by atoms with Crippen molar-refractivity contribution < 1.29 is 8.83 Å². The number of para-hydroxylation sites is 5. The van der Waals surface area contributed by atoms with Crippen LogP contribution < -0.4 is 0 Å². The minimum Gasteiger partial charge on any atom is -0.456 e. The van der Waals surface area contributed by atoms with Crippen LogP contribution in [0.3, 0.4) is 0 Å². The minimum atomic E-state index is 0.542. The molecule has 0 saturated heterocycles. The monoisotopic (exact) mass is 731 g/mol. The summed E-state index contributed by atoms with van der Waals surface area (Å²) in [5, 5.41) is 6.39. The molecule has 0 aliphatic heterocycles. The zero-order valence-electron chi connectivity index (χ0n) is 30.3. The van der Waals surface area contributed by atoms with Crippen molar-refractivity contribution in [3.63, 3.8) is 0 Å². The van der Waals surface area contributed by atoms with Crippen LogP contribution in [0.1, 0.15) is 0 Å². The maximum Gasteiger partial charge on any atom is 0.166 e. The van der Waals surface area contributed by atoms with E-state index in [0.717, 1.165) is 88.4 Å². The van der Waals surface area contributed by atoms with Gasteiger partial charge in [-0.3, -0.25) is 4.98 Å². The van der Waals surface area contributed by atoms with Crippen molar-refractivity contribution in [1.82, 2.24) is 24.5 Å². The molecule has 7 heteroatoms. The van der Waals surface area contributed by atoms with Crippen LogP contribution in [0.5, 0.6) is 0 Å². The standard InChI is InChI=1S/C50H29N5O2/c1-5-18-40-33(11-1)34-12-2-6-19-41(34)55(40)42-20-7-3-14-37(42)49-52-48(53-50(54-49)38-17-10-22-45-46(38)39-29-51-28-27-44(39)56-45)31-25-23-30(24-26-31)32-15-9-16-36-35-13-4-8-21-43(35)57-47(32)36/h1-29H. The Balaban J connectivity index is 1.07. The third-order valence-electron chi connectivity index (χ3n) is 11.0. The number of rotatable bonds is 5. The number of fused-ring (bicyclic) bond motifs is 9. The molecule has 0 bridgehead atoms. The third-order valence-corrected chi connectivity index (χ3v) is 11.0. The van der Waals surface area contributed by atoms with E-state index in [0.29, 0.717) is 17.5 Å². The van der Waals surface area contributed by atoms with Crippen LogP contribution in [0.2, 0.25) is 0 Å². The van der Waals surface area contributed by atoms with Crippen LogP contribution in [0, 0.1) is 0 Å². The zero-order valence-corrected chi connectivity index (χ0v) is 30.3. The van der Waals surface area contributed by atoms with Gasteiger partial charge in [0.1, 0.15) is 22.3 Å². The van der Waals surface area contributed by atoms with Crippen LogP contribution in [-0.2, 0) is 0 Å². The summed E-state index contributed by atoms with van der Waals surface area (Å²) < 4.78 is 15.0. The maximum atomic E-state index is 6.39. The molecular weight excluding hydrogens is 703 g/mol. The van der Waals surface area contributed by atoms with Gasteiger partial charge >= 0.3 is 0 Å². The van der Waals surface area contributed by atoms with Crippen molar-refractivity contribution in [1.29, 1.82) is 0 Å². The first-order valence-electron chi connectivity index (χ1n) is 18.9. The summed E-state index contributed by atoms with van der Waals surface area (Å²) in [4.78, 5) is 20.2. The minimum absolute atomic E-state index is 0.542. The topological polar surface area (TPSA) is 82.8 Å². The Bertz CT molecular complexity index is 3490. The van der Waals surface area contributed by atoms with Gasteiger partial charge in [-0.2, -0.15) is 0 Å². The Morgan fingerprint density at radius 3 is 1.79 bits per heavy atom. The van der Waals surface area contributed by atoms with Gasteiger partial charge in [0.2, 0.25) is 0 Å². The summed E-state index contributed by atoms with van der Waals surface area (Å²) in [6.07, 6.45) is 3.58. The van der Waals surface area contributed by atoms with Gasteiger partial charge in [-0.1, -0.05) is 121 Å². The molecule has 0 amide bonds. The number of nitrogens with zero attached hydrogens (tertiary/aromatic N) is 5. The van der Waals surface area contributed by atoms with Crippen LogP contribution in [-0.4, -0.2) is 24.5 Å². The fourth-order valence-electron chi connectivity index (χ4n) is 8.42. The van der Waals surface area contributed by atoms with Gasteiger partial charge in [-0.15, -0.1) is 0 Å². The number of aromatic nitrogens is 5. The summed E-state index contributed by atoms with van der Waals surface area (Å²) in [6, 6.07) is 56.1. The lowest BCUT2D eigenvalue weighted by Gasteiger charge is -2.15. The van der Waals surface area contributed by atoms with Gasteiger partial charge in [0.15, 0.2) is 17.5 Å². The van der Waals surface area contributed by atoms with Crippen molar-refractivity contribution in [3.05, 3.63) is 176 Å². The Hall–Kier alpha value is -7.90. The van der Waals surface area contributed by atoms with Crippen LogP contribution in [0.15, 0.2) is 185 Å². The molecule has 0 aliphatic rings. The van der Waals surface area contributed by atoms with Crippen molar-refractivity contribution >= 4 is 65.7 Å². The van der Waals surface area contributed by atoms with E-state index >= 15 is 0 Å². The molecule has 0 atom stereocenters. The Labute approximate surface area is 325 Å². The molecule has 0 saturated carbocycles.